The molecular weight excluding hydrogens is 290 g/mol. The van der Waals surface area contributed by atoms with Crippen LogP contribution in [0, 0.1) is 6.92 Å². The van der Waals surface area contributed by atoms with Gasteiger partial charge in [0.25, 0.3) is 5.91 Å². The van der Waals surface area contributed by atoms with Gasteiger partial charge in [-0.2, -0.15) is 0 Å². The molecule has 0 radical (unpaired) electrons. The molecule has 0 aliphatic heterocycles. The molecule has 0 saturated heterocycles. The molecule has 0 saturated carbocycles. The second-order valence-corrected chi connectivity index (χ2v) is 5.18. The molecule has 0 fully saturated rings. The normalized spacial score (nSPS) is 10.2. The van der Waals surface area contributed by atoms with Crippen LogP contribution in [-0.2, 0) is 0 Å². The fourth-order valence-corrected chi connectivity index (χ4v) is 2.19. The molecule has 0 unspecified atom stereocenters. The first kappa shape index (κ1) is 16.9. The van der Waals surface area contributed by atoms with E-state index < -0.39 is 0 Å². The van der Waals surface area contributed by atoms with Gasteiger partial charge in [0.1, 0.15) is 11.5 Å². The van der Waals surface area contributed by atoms with Crippen molar-refractivity contribution in [1.82, 2.24) is 5.32 Å². The van der Waals surface area contributed by atoms with Crippen molar-refractivity contribution in [3.8, 4) is 11.5 Å². The number of rotatable bonds is 8. The average molecular weight is 313 g/mol. The smallest absolute Gasteiger partial charge is 0.251 e. The second-order valence-electron chi connectivity index (χ2n) is 5.18. The van der Waals surface area contributed by atoms with Gasteiger partial charge in [0.15, 0.2) is 0 Å². The Balaban J connectivity index is 1.73. The van der Waals surface area contributed by atoms with Gasteiger partial charge in [-0.25, -0.2) is 0 Å². The van der Waals surface area contributed by atoms with Gasteiger partial charge in [-0.3, -0.25) is 4.79 Å². The second kappa shape index (κ2) is 8.83. The standard InChI is InChI=1S/C19H23NO3/c1-3-22-18-11-10-16(14-15(18)2)19(21)20-12-7-13-23-17-8-5-4-6-9-17/h4-6,8-11,14H,3,7,12-13H2,1-2H3,(H,20,21). The van der Waals surface area contributed by atoms with Gasteiger partial charge >= 0.3 is 0 Å². The third-order valence-electron chi connectivity index (χ3n) is 3.36. The van der Waals surface area contributed by atoms with E-state index >= 15 is 0 Å². The highest BCUT2D eigenvalue weighted by molar-refractivity contribution is 5.94. The highest BCUT2D eigenvalue weighted by Crippen LogP contribution is 2.19. The summed E-state index contributed by atoms with van der Waals surface area (Å²) in [6.45, 7) is 5.66. The van der Waals surface area contributed by atoms with E-state index in [9.17, 15) is 4.79 Å². The molecule has 1 amide bonds. The van der Waals surface area contributed by atoms with Crippen molar-refractivity contribution >= 4 is 5.91 Å². The number of ether oxygens (including phenoxy) is 2. The average Bonchev–Trinajstić information content (AvgIpc) is 2.57. The minimum absolute atomic E-state index is 0.0733. The van der Waals surface area contributed by atoms with Gasteiger partial charge < -0.3 is 14.8 Å². The van der Waals surface area contributed by atoms with Crippen molar-refractivity contribution in [2.45, 2.75) is 20.3 Å². The quantitative estimate of drug-likeness (QED) is 0.758. The maximum atomic E-state index is 12.1. The molecule has 2 aromatic carbocycles. The van der Waals surface area contributed by atoms with Crippen LogP contribution in [0.15, 0.2) is 48.5 Å². The molecule has 0 atom stereocenters. The number of carbonyl (C=O) groups is 1. The first-order valence-electron chi connectivity index (χ1n) is 7.90. The van der Waals surface area contributed by atoms with Crippen LogP contribution in [0.2, 0.25) is 0 Å². The van der Waals surface area contributed by atoms with Crippen LogP contribution in [0.25, 0.3) is 0 Å². The number of carbonyl (C=O) groups excluding carboxylic acids is 1. The molecule has 0 aliphatic carbocycles. The van der Waals surface area contributed by atoms with Crippen LogP contribution in [-0.4, -0.2) is 25.7 Å². The largest absolute Gasteiger partial charge is 0.494 e. The summed E-state index contributed by atoms with van der Waals surface area (Å²) in [6, 6.07) is 15.1. The Morgan fingerprint density at radius 3 is 2.57 bits per heavy atom. The van der Waals surface area contributed by atoms with E-state index in [0.29, 0.717) is 25.3 Å². The lowest BCUT2D eigenvalue weighted by Crippen LogP contribution is -2.25. The number of hydrogen-bond donors (Lipinski definition) is 1. The van der Waals surface area contributed by atoms with Crippen molar-refractivity contribution in [1.29, 1.82) is 0 Å². The molecule has 0 heterocycles. The molecule has 0 aromatic heterocycles. The Kier molecular flexibility index (Phi) is 6.48. The third-order valence-corrected chi connectivity index (χ3v) is 3.36. The Morgan fingerprint density at radius 1 is 1.09 bits per heavy atom. The maximum absolute atomic E-state index is 12.1. The summed E-state index contributed by atoms with van der Waals surface area (Å²) in [5.41, 5.74) is 1.61. The molecule has 0 spiro atoms. The molecule has 4 nitrogen and oxygen atoms in total. The lowest BCUT2D eigenvalue weighted by atomic mass is 10.1. The molecule has 122 valence electrons. The lowest BCUT2D eigenvalue weighted by molar-refractivity contribution is 0.0951. The highest BCUT2D eigenvalue weighted by Gasteiger charge is 2.07. The third kappa shape index (κ3) is 5.33. The van der Waals surface area contributed by atoms with Crippen LogP contribution in [0.4, 0.5) is 0 Å². The Hall–Kier alpha value is -2.49. The Morgan fingerprint density at radius 2 is 1.87 bits per heavy atom. The summed E-state index contributed by atoms with van der Waals surface area (Å²) in [5, 5.41) is 2.90. The maximum Gasteiger partial charge on any atom is 0.251 e. The molecule has 0 aliphatic rings. The number of amides is 1. The molecule has 23 heavy (non-hydrogen) atoms. The van der Waals surface area contributed by atoms with E-state index in [-0.39, 0.29) is 5.91 Å². The Labute approximate surface area is 137 Å². The predicted molar refractivity (Wildman–Crippen MR) is 91.2 cm³/mol. The number of aryl methyl sites for hydroxylation is 1. The van der Waals surface area contributed by atoms with E-state index in [0.717, 1.165) is 23.5 Å². The van der Waals surface area contributed by atoms with Gasteiger partial charge in [0.05, 0.1) is 13.2 Å². The van der Waals surface area contributed by atoms with Crippen LogP contribution in [0.3, 0.4) is 0 Å². The van der Waals surface area contributed by atoms with E-state index in [1.54, 1.807) is 6.07 Å². The molecule has 0 bridgehead atoms. The number of hydrogen-bond acceptors (Lipinski definition) is 3. The zero-order chi connectivity index (χ0) is 16.5. The van der Waals surface area contributed by atoms with Gasteiger partial charge in [-0.05, 0) is 56.2 Å². The van der Waals surface area contributed by atoms with Gasteiger partial charge in [0.2, 0.25) is 0 Å². The minimum atomic E-state index is -0.0733. The molecule has 1 N–H and O–H groups in total. The first-order chi connectivity index (χ1) is 11.2. The van der Waals surface area contributed by atoms with E-state index in [4.69, 9.17) is 9.47 Å². The van der Waals surface area contributed by atoms with Crippen molar-refractivity contribution in [2.75, 3.05) is 19.8 Å². The minimum Gasteiger partial charge on any atom is -0.494 e. The van der Waals surface area contributed by atoms with Crippen LogP contribution in [0.1, 0.15) is 29.3 Å². The van der Waals surface area contributed by atoms with E-state index in [1.807, 2.05) is 56.3 Å². The predicted octanol–water partition coefficient (Wildman–Crippen LogP) is 3.59. The van der Waals surface area contributed by atoms with Crippen molar-refractivity contribution in [3.05, 3.63) is 59.7 Å². The van der Waals surface area contributed by atoms with E-state index in [1.165, 1.54) is 0 Å². The van der Waals surface area contributed by atoms with Crippen LogP contribution >= 0.6 is 0 Å². The van der Waals surface area contributed by atoms with Crippen molar-refractivity contribution < 1.29 is 14.3 Å². The van der Waals surface area contributed by atoms with Gasteiger partial charge in [-0.15, -0.1) is 0 Å². The molecule has 2 rings (SSSR count). The van der Waals surface area contributed by atoms with Crippen LogP contribution < -0.4 is 14.8 Å². The fourth-order valence-electron chi connectivity index (χ4n) is 2.19. The summed E-state index contributed by atoms with van der Waals surface area (Å²) in [7, 11) is 0. The topological polar surface area (TPSA) is 47.6 Å². The van der Waals surface area contributed by atoms with E-state index in [2.05, 4.69) is 5.32 Å². The lowest BCUT2D eigenvalue weighted by Gasteiger charge is -2.10. The summed E-state index contributed by atoms with van der Waals surface area (Å²) in [6.07, 6.45) is 0.761. The monoisotopic (exact) mass is 313 g/mol. The zero-order valence-electron chi connectivity index (χ0n) is 13.7. The molecule has 2 aromatic rings. The summed E-state index contributed by atoms with van der Waals surface area (Å²) in [4.78, 5) is 12.1. The zero-order valence-corrected chi connectivity index (χ0v) is 13.7. The fraction of sp³-hybridized carbons (Fsp3) is 0.316. The van der Waals surface area contributed by atoms with Crippen LogP contribution in [0.5, 0.6) is 11.5 Å². The Bertz CT molecular complexity index is 626. The summed E-state index contributed by atoms with van der Waals surface area (Å²) < 4.78 is 11.1. The number of nitrogens with one attached hydrogen (secondary N) is 1. The van der Waals surface area contributed by atoms with Crippen molar-refractivity contribution in [2.24, 2.45) is 0 Å². The number of para-hydroxylation sites is 1. The van der Waals surface area contributed by atoms with Gasteiger partial charge in [0, 0.05) is 12.1 Å². The summed E-state index contributed by atoms with van der Waals surface area (Å²) >= 11 is 0. The summed E-state index contributed by atoms with van der Waals surface area (Å²) in [5.74, 6) is 1.59. The van der Waals surface area contributed by atoms with Gasteiger partial charge in [-0.1, -0.05) is 18.2 Å². The highest BCUT2D eigenvalue weighted by atomic mass is 16.5. The number of benzene rings is 2. The molecular formula is C19H23NO3. The van der Waals surface area contributed by atoms with Crippen molar-refractivity contribution in [3.63, 3.8) is 0 Å². The molecule has 4 heteroatoms. The SMILES string of the molecule is CCOc1ccc(C(=O)NCCCOc2ccccc2)cc1C. The first-order valence-corrected chi connectivity index (χ1v) is 7.90.